The largest absolute Gasteiger partial charge is 0.395 e. The van der Waals surface area contributed by atoms with E-state index in [2.05, 4.69) is 18.7 Å². The van der Waals surface area contributed by atoms with Gasteiger partial charge in [0, 0.05) is 19.1 Å². The average Bonchev–Trinajstić information content (AvgIpc) is 2.91. The van der Waals surface area contributed by atoms with Gasteiger partial charge in [0.1, 0.15) is 0 Å². The molecule has 1 aliphatic carbocycles. The average molecular weight is 185 g/mol. The van der Waals surface area contributed by atoms with E-state index in [4.69, 9.17) is 5.11 Å². The minimum atomic E-state index is 0.309. The second-order valence-corrected chi connectivity index (χ2v) is 4.13. The molecule has 1 rings (SSSR count). The summed E-state index contributed by atoms with van der Waals surface area (Å²) in [6.45, 7) is 6.87. The number of rotatable bonds is 7. The highest BCUT2D eigenvalue weighted by Gasteiger charge is 2.26. The summed E-state index contributed by atoms with van der Waals surface area (Å²) in [4.78, 5) is 2.47. The van der Waals surface area contributed by atoms with Gasteiger partial charge >= 0.3 is 0 Å². The third kappa shape index (κ3) is 3.65. The molecule has 13 heavy (non-hydrogen) atoms. The van der Waals surface area contributed by atoms with Crippen LogP contribution in [0.4, 0.5) is 0 Å². The van der Waals surface area contributed by atoms with Crippen molar-refractivity contribution < 1.29 is 5.11 Å². The lowest BCUT2D eigenvalue weighted by Crippen LogP contribution is -2.38. The highest BCUT2D eigenvalue weighted by Crippen LogP contribution is 2.30. The number of hydrogen-bond donors (Lipinski definition) is 1. The van der Waals surface area contributed by atoms with Crippen molar-refractivity contribution in [3.63, 3.8) is 0 Å². The third-order valence-electron chi connectivity index (χ3n) is 3.04. The Bertz CT molecular complexity index is 130. The summed E-state index contributed by atoms with van der Waals surface area (Å²) in [5, 5.41) is 8.97. The minimum absolute atomic E-state index is 0.309. The summed E-state index contributed by atoms with van der Waals surface area (Å²) in [6, 6.07) is 0.688. The fraction of sp³-hybridized carbons (Fsp3) is 1.00. The zero-order valence-corrected chi connectivity index (χ0v) is 9.00. The van der Waals surface area contributed by atoms with Crippen LogP contribution in [0.2, 0.25) is 0 Å². The summed E-state index contributed by atoms with van der Waals surface area (Å²) in [5.41, 5.74) is 0. The van der Waals surface area contributed by atoms with Gasteiger partial charge in [-0.15, -0.1) is 0 Å². The molecule has 0 saturated heterocycles. The van der Waals surface area contributed by atoms with E-state index in [9.17, 15) is 0 Å². The monoisotopic (exact) mass is 185 g/mol. The maximum atomic E-state index is 8.97. The van der Waals surface area contributed by atoms with Crippen LogP contribution in [0.15, 0.2) is 0 Å². The predicted octanol–water partition coefficient (Wildman–Crippen LogP) is 1.88. The molecule has 2 nitrogen and oxygen atoms in total. The lowest BCUT2D eigenvalue weighted by atomic mass is 10.1. The van der Waals surface area contributed by atoms with Crippen molar-refractivity contribution in [3.8, 4) is 0 Å². The van der Waals surface area contributed by atoms with Gasteiger partial charge in [-0.05, 0) is 31.6 Å². The lowest BCUT2D eigenvalue weighted by molar-refractivity contribution is 0.138. The first kappa shape index (κ1) is 11.0. The highest BCUT2D eigenvalue weighted by molar-refractivity contribution is 4.80. The van der Waals surface area contributed by atoms with Crippen LogP contribution in [-0.4, -0.2) is 35.7 Å². The molecule has 1 saturated carbocycles. The van der Waals surface area contributed by atoms with E-state index >= 15 is 0 Å². The molecule has 0 heterocycles. The Kier molecular flexibility index (Phi) is 4.74. The van der Waals surface area contributed by atoms with Crippen LogP contribution in [0.3, 0.4) is 0 Å². The molecule has 0 spiro atoms. The number of aliphatic hydroxyl groups excluding tert-OH is 1. The first-order chi connectivity index (χ1) is 6.31. The zero-order chi connectivity index (χ0) is 9.68. The topological polar surface area (TPSA) is 23.5 Å². The first-order valence-corrected chi connectivity index (χ1v) is 5.66. The Morgan fingerprint density at radius 1 is 1.31 bits per heavy atom. The molecule has 0 unspecified atom stereocenters. The van der Waals surface area contributed by atoms with Gasteiger partial charge in [-0.25, -0.2) is 0 Å². The molecule has 0 amide bonds. The Labute approximate surface area is 81.9 Å². The quantitative estimate of drug-likeness (QED) is 0.654. The van der Waals surface area contributed by atoms with Gasteiger partial charge in [-0.1, -0.05) is 13.8 Å². The number of aliphatic hydroxyl groups is 1. The summed E-state index contributed by atoms with van der Waals surface area (Å²) >= 11 is 0. The van der Waals surface area contributed by atoms with Crippen LogP contribution in [0.5, 0.6) is 0 Å². The van der Waals surface area contributed by atoms with Crippen LogP contribution in [0.1, 0.15) is 39.5 Å². The SMILES string of the molecule is CCC(CC)N(CCO)CC1CC1. The van der Waals surface area contributed by atoms with Crippen LogP contribution < -0.4 is 0 Å². The van der Waals surface area contributed by atoms with E-state index in [1.165, 1.54) is 32.2 Å². The predicted molar refractivity (Wildman–Crippen MR) is 55.8 cm³/mol. The van der Waals surface area contributed by atoms with Gasteiger partial charge in [0.05, 0.1) is 6.61 Å². The molecule has 1 fully saturated rings. The van der Waals surface area contributed by atoms with Crippen molar-refractivity contribution in [2.45, 2.75) is 45.6 Å². The van der Waals surface area contributed by atoms with Crippen molar-refractivity contribution in [2.24, 2.45) is 5.92 Å². The van der Waals surface area contributed by atoms with Gasteiger partial charge in [0.2, 0.25) is 0 Å². The van der Waals surface area contributed by atoms with Crippen molar-refractivity contribution in [1.29, 1.82) is 0 Å². The molecule has 0 aromatic heterocycles. The molecule has 0 radical (unpaired) electrons. The smallest absolute Gasteiger partial charge is 0.0558 e. The summed E-state index contributed by atoms with van der Waals surface area (Å²) in [6.07, 6.45) is 5.23. The molecule has 0 atom stereocenters. The summed E-state index contributed by atoms with van der Waals surface area (Å²) in [5.74, 6) is 0.937. The first-order valence-electron chi connectivity index (χ1n) is 5.66. The van der Waals surface area contributed by atoms with Crippen LogP contribution in [0.25, 0.3) is 0 Å². The molecular formula is C11H23NO. The molecule has 78 valence electrons. The molecule has 1 N–H and O–H groups in total. The Morgan fingerprint density at radius 2 is 1.92 bits per heavy atom. The van der Waals surface area contributed by atoms with E-state index in [0.717, 1.165) is 12.5 Å². The molecule has 0 aromatic carbocycles. The molecule has 2 heteroatoms. The Morgan fingerprint density at radius 3 is 2.31 bits per heavy atom. The maximum absolute atomic E-state index is 8.97. The highest BCUT2D eigenvalue weighted by atomic mass is 16.3. The lowest BCUT2D eigenvalue weighted by Gasteiger charge is -2.29. The van der Waals surface area contributed by atoms with E-state index in [1.54, 1.807) is 0 Å². The summed E-state index contributed by atoms with van der Waals surface area (Å²) in [7, 11) is 0. The zero-order valence-electron chi connectivity index (χ0n) is 9.00. The van der Waals surface area contributed by atoms with Crippen LogP contribution in [0, 0.1) is 5.92 Å². The molecule has 0 bridgehead atoms. The molecule has 0 aliphatic heterocycles. The maximum Gasteiger partial charge on any atom is 0.0558 e. The number of hydrogen-bond acceptors (Lipinski definition) is 2. The Hall–Kier alpha value is -0.0800. The normalized spacial score (nSPS) is 17.3. The standard InChI is InChI=1S/C11H23NO/c1-3-11(4-2)12(7-8-13)9-10-5-6-10/h10-11,13H,3-9H2,1-2H3. The number of nitrogens with zero attached hydrogens (tertiary/aromatic N) is 1. The van der Waals surface area contributed by atoms with Crippen molar-refractivity contribution in [3.05, 3.63) is 0 Å². The second-order valence-electron chi connectivity index (χ2n) is 4.13. The van der Waals surface area contributed by atoms with Crippen molar-refractivity contribution >= 4 is 0 Å². The van der Waals surface area contributed by atoms with E-state index in [0.29, 0.717) is 12.6 Å². The van der Waals surface area contributed by atoms with Gasteiger partial charge in [0.25, 0.3) is 0 Å². The van der Waals surface area contributed by atoms with Crippen LogP contribution >= 0.6 is 0 Å². The van der Waals surface area contributed by atoms with E-state index in [1.807, 2.05) is 0 Å². The fourth-order valence-electron chi connectivity index (χ4n) is 1.99. The van der Waals surface area contributed by atoms with Gasteiger partial charge < -0.3 is 5.11 Å². The summed E-state index contributed by atoms with van der Waals surface area (Å²) < 4.78 is 0. The molecular weight excluding hydrogens is 162 g/mol. The van der Waals surface area contributed by atoms with Crippen molar-refractivity contribution in [1.82, 2.24) is 4.90 Å². The second kappa shape index (κ2) is 5.61. The van der Waals surface area contributed by atoms with E-state index in [-0.39, 0.29) is 0 Å². The Balaban J connectivity index is 2.32. The van der Waals surface area contributed by atoms with Gasteiger partial charge in [-0.3, -0.25) is 4.90 Å². The fourth-order valence-corrected chi connectivity index (χ4v) is 1.99. The third-order valence-corrected chi connectivity index (χ3v) is 3.04. The van der Waals surface area contributed by atoms with Crippen molar-refractivity contribution in [2.75, 3.05) is 19.7 Å². The molecule has 0 aromatic rings. The van der Waals surface area contributed by atoms with E-state index < -0.39 is 0 Å². The van der Waals surface area contributed by atoms with Gasteiger partial charge in [0.15, 0.2) is 0 Å². The minimum Gasteiger partial charge on any atom is -0.395 e. The van der Waals surface area contributed by atoms with Gasteiger partial charge in [-0.2, -0.15) is 0 Å². The van der Waals surface area contributed by atoms with Crippen LogP contribution in [-0.2, 0) is 0 Å². The molecule has 1 aliphatic rings.